The Bertz CT molecular complexity index is 338. The minimum Gasteiger partial charge on any atom is -0.235 e. The second kappa shape index (κ2) is 3.95. The Morgan fingerprint density at radius 2 is 2.31 bits per heavy atom. The predicted octanol–water partition coefficient (Wildman–Crippen LogP) is 2.76. The zero-order chi connectivity index (χ0) is 9.90. The van der Waals surface area contributed by atoms with Gasteiger partial charge in [0.15, 0.2) is 5.69 Å². The molecule has 0 aliphatic carbocycles. The van der Waals surface area contributed by atoms with Gasteiger partial charge in [-0.25, -0.2) is 9.98 Å². The van der Waals surface area contributed by atoms with Crippen molar-refractivity contribution >= 4 is 28.7 Å². The van der Waals surface area contributed by atoms with Crippen molar-refractivity contribution in [2.75, 3.05) is 0 Å². The Labute approximate surface area is 81.1 Å². The highest BCUT2D eigenvalue weighted by atomic mass is 32.1. The number of halogens is 3. The molecule has 0 aliphatic rings. The fourth-order valence-corrected chi connectivity index (χ4v) is 1.40. The van der Waals surface area contributed by atoms with E-state index in [1.165, 1.54) is 0 Å². The SMILES string of the molecule is FC(F)(F)c1csc(CN=C=S)n1. The lowest BCUT2D eigenvalue weighted by atomic mass is 10.5. The number of thiazole rings is 1. The number of hydrogen-bond acceptors (Lipinski definition) is 4. The third-order valence-corrected chi connectivity index (χ3v) is 2.08. The number of rotatable bonds is 2. The predicted molar refractivity (Wildman–Crippen MR) is 45.8 cm³/mol. The summed E-state index contributed by atoms with van der Waals surface area (Å²) in [6.45, 7) is 0.0598. The molecule has 0 aliphatic heterocycles. The van der Waals surface area contributed by atoms with E-state index in [-0.39, 0.29) is 11.6 Å². The highest BCUT2D eigenvalue weighted by molar-refractivity contribution is 7.78. The Hall–Kier alpha value is -0.780. The molecule has 0 radical (unpaired) electrons. The molecule has 0 saturated heterocycles. The molecule has 0 fully saturated rings. The quantitative estimate of drug-likeness (QED) is 0.570. The summed E-state index contributed by atoms with van der Waals surface area (Å²) in [4.78, 5) is 6.82. The molecule has 0 atom stereocenters. The fraction of sp³-hybridized carbons (Fsp3) is 0.333. The second-order valence-electron chi connectivity index (χ2n) is 2.03. The number of aromatic nitrogens is 1. The first-order valence-electron chi connectivity index (χ1n) is 3.09. The van der Waals surface area contributed by atoms with Crippen LogP contribution in [0.3, 0.4) is 0 Å². The molecule has 0 N–H and O–H groups in total. The van der Waals surface area contributed by atoms with E-state index in [4.69, 9.17) is 0 Å². The summed E-state index contributed by atoms with van der Waals surface area (Å²) >= 11 is 5.17. The molecule has 0 unspecified atom stereocenters. The van der Waals surface area contributed by atoms with E-state index in [9.17, 15) is 13.2 Å². The minimum absolute atomic E-state index is 0.0598. The van der Waals surface area contributed by atoms with Gasteiger partial charge in [-0.3, -0.25) is 0 Å². The van der Waals surface area contributed by atoms with E-state index < -0.39 is 11.9 Å². The molecular weight excluding hydrogens is 221 g/mol. The molecule has 13 heavy (non-hydrogen) atoms. The highest BCUT2D eigenvalue weighted by Gasteiger charge is 2.33. The maximum atomic E-state index is 12.0. The van der Waals surface area contributed by atoms with Crippen molar-refractivity contribution in [2.24, 2.45) is 4.99 Å². The van der Waals surface area contributed by atoms with Crippen LogP contribution in [0.4, 0.5) is 13.2 Å². The van der Waals surface area contributed by atoms with Crippen molar-refractivity contribution in [2.45, 2.75) is 12.7 Å². The van der Waals surface area contributed by atoms with Gasteiger partial charge in [0.25, 0.3) is 0 Å². The van der Waals surface area contributed by atoms with Crippen LogP contribution in [0.1, 0.15) is 10.7 Å². The molecule has 70 valence electrons. The molecule has 0 aromatic carbocycles. The van der Waals surface area contributed by atoms with E-state index in [0.717, 1.165) is 16.7 Å². The lowest BCUT2D eigenvalue weighted by Crippen LogP contribution is -2.05. The van der Waals surface area contributed by atoms with Crippen molar-refractivity contribution in [3.8, 4) is 0 Å². The van der Waals surface area contributed by atoms with Crippen LogP contribution in [0.5, 0.6) is 0 Å². The average Bonchev–Trinajstić information content (AvgIpc) is 2.47. The Balaban J connectivity index is 2.80. The van der Waals surface area contributed by atoms with Crippen LogP contribution in [-0.4, -0.2) is 10.1 Å². The molecule has 0 saturated carbocycles. The summed E-state index contributed by atoms with van der Waals surface area (Å²) in [7, 11) is 0. The lowest BCUT2D eigenvalue weighted by Gasteiger charge is -1.99. The zero-order valence-corrected chi connectivity index (χ0v) is 7.76. The van der Waals surface area contributed by atoms with Gasteiger partial charge < -0.3 is 0 Å². The van der Waals surface area contributed by atoms with Crippen LogP contribution in [0.25, 0.3) is 0 Å². The standard InChI is InChI=1S/C6H3F3N2S2/c7-6(8,9)4-2-13-5(11-4)1-10-3-12/h2H,1H2. The summed E-state index contributed by atoms with van der Waals surface area (Å²) < 4.78 is 36.0. The van der Waals surface area contributed by atoms with Crippen molar-refractivity contribution in [1.82, 2.24) is 4.98 Å². The molecule has 0 bridgehead atoms. The number of thiocarbonyl (C=S) groups is 1. The van der Waals surface area contributed by atoms with Crippen LogP contribution in [0.2, 0.25) is 0 Å². The van der Waals surface area contributed by atoms with E-state index >= 15 is 0 Å². The molecule has 0 amide bonds. The molecule has 7 heteroatoms. The summed E-state index contributed by atoms with van der Waals surface area (Å²) in [6.07, 6.45) is -4.38. The van der Waals surface area contributed by atoms with Crippen LogP contribution in [0, 0.1) is 0 Å². The topological polar surface area (TPSA) is 25.2 Å². The monoisotopic (exact) mass is 224 g/mol. The number of alkyl halides is 3. The van der Waals surface area contributed by atoms with Crippen molar-refractivity contribution in [1.29, 1.82) is 0 Å². The van der Waals surface area contributed by atoms with Gasteiger partial charge in [-0.1, -0.05) is 0 Å². The minimum atomic E-state index is -4.38. The van der Waals surface area contributed by atoms with Gasteiger partial charge in [-0.15, -0.1) is 11.3 Å². The van der Waals surface area contributed by atoms with Crippen LogP contribution in [0.15, 0.2) is 10.4 Å². The van der Waals surface area contributed by atoms with Crippen LogP contribution in [-0.2, 0) is 12.7 Å². The van der Waals surface area contributed by atoms with Crippen LogP contribution < -0.4 is 0 Å². The highest BCUT2D eigenvalue weighted by Crippen LogP contribution is 2.29. The lowest BCUT2D eigenvalue weighted by molar-refractivity contribution is -0.140. The van der Waals surface area contributed by atoms with Gasteiger partial charge in [0.2, 0.25) is 0 Å². The Morgan fingerprint density at radius 3 is 2.77 bits per heavy atom. The molecule has 1 rings (SSSR count). The molecule has 2 nitrogen and oxygen atoms in total. The summed E-state index contributed by atoms with van der Waals surface area (Å²) in [5.74, 6) is 0. The van der Waals surface area contributed by atoms with Crippen molar-refractivity contribution in [3.63, 3.8) is 0 Å². The smallest absolute Gasteiger partial charge is 0.235 e. The zero-order valence-electron chi connectivity index (χ0n) is 6.13. The van der Waals surface area contributed by atoms with E-state index in [1.807, 2.05) is 0 Å². The molecule has 1 heterocycles. The average molecular weight is 224 g/mol. The first-order valence-corrected chi connectivity index (χ1v) is 4.38. The summed E-state index contributed by atoms with van der Waals surface area (Å²) in [5, 5.41) is 3.29. The number of isothiocyanates is 1. The van der Waals surface area contributed by atoms with E-state index in [2.05, 4.69) is 27.4 Å². The Kier molecular flexibility index (Phi) is 3.13. The van der Waals surface area contributed by atoms with Gasteiger partial charge in [-0.2, -0.15) is 13.2 Å². The maximum Gasteiger partial charge on any atom is 0.434 e. The molecule has 1 aromatic heterocycles. The fourth-order valence-electron chi connectivity index (χ4n) is 0.614. The molecular formula is C6H3F3N2S2. The van der Waals surface area contributed by atoms with Gasteiger partial charge in [0, 0.05) is 5.38 Å². The van der Waals surface area contributed by atoms with Crippen molar-refractivity contribution in [3.05, 3.63) is 16.1 Å². The number of nitrogens with zero attached hydrogens (tertiary/aromatic N) is 2. The van der Waals surface area contributed by atoms with Gasteiger partial charge in [-0.05, 0) is 12.2 Å². The van der Waals surface area contributed by atoms with E-state index in [0.29, 0.717) is 0 Å². The molecule has 1 aromatic rings. The Morgan fingerprint density at radius 1 is 1.62 bits per heavy atom. The number of aliphatic imine (C=N–C) groups is 1. The summed E-state index contributed by atoms with van der Waals surface area (Å²) in [5.41, 5.74) is -0.882. The van der Waals surface area contributed by atoms with E-state index in [1.54, 1.807) is 0 Å². The van der Waals surface area contributed by atoms with Crippen molar-refractivity contribution < 1.29 is 13.2 Å². The first-order chi connectivity index (χ1) is 6.04. The second-order valence-corrected chi connectivity index (χ2v) is 3.16. The summed E-state index contributed by atoms with van der Waals surface area (Å²) in [6, 6.07) is 0. The van der Waals surface area contributed by atoms with Gasteiger partial charge in [0.05, 0.1) is 5.16 Å². The van der Waals surface area contributed by atoms with Crippen LogP contribution >= 0.6 is 23.6 Å². The van der Waals surface area contributed by atoms with Gasteiger partial charge in [0.1, 0.15) is 11.6 Å². The largest absolute Gasteiger partial charge is 0.434 e. The van der Waals surface area contributed by atoms with Gasteiger partial charge >= 0.3 is 6.18 Å². The number of hydrogen-bond donors (Lipinski definition) is 0. The normalized spacial score (nSPS) is 11.0. The maximum absolute atomic E-state index is 12.0. The third kappa shape index (κ3) is 2.87. The third-order valence-electron chi connectivity index (χ3n) is 1.12. The molecule has 0 spiro atoms. The first kappa shape index (κ1) is 10.3.